The molecule has 0 aliphatic carbocycles. The van der Waals surface area contributed by atoms with E-state index in [0.717, 1.165) is 22.5 Å². The third-order valence-electron chi connectivity index (χ3n) is 3.53. The van der Waals surface area contributed by atoms with Crippen molar-refractivity contribution in [1.82, 2.24) is 0 Å². The van der Waals surface area contributed by atoms with Crippen LogP contribution in [0.5, 0.6) is 0 Å². The number of hydrogen-bond donors (Lipinski definition) is 0. The summed E-state index contributed by atoms with van der Waals surface area (Å²) in [5, 5.41) is 0. The van der Waals surface area contributed by atoms with E-state index in [9.17, 15) is 4.79 Å². The molecular weight excluding hydrogens is 260 g/mol. The molecule has 104 valence electrons. The SMILES string of the molecule is CC(=O)c1c(-c2ccccc2)oc(C)c1-c1ccccc1. The van der Waals surface area contributed by atoms with E-state index in [1.54, 1.807) is 6.92 Å². The average Bonchev–Trinajstić information content (AvgIpc) is 2.87. The van der Waals surface area contributed by atoms with Gasteiger partial charge in [-0.05, 0) is 19.4 Å². The van der Waals surface area contributed by atoms with Gasteiger partial charge in [0.15, 0.2) is 5.78 Å². The topological polar surface area (TPSA) is 30.2 Å². The van der Waals surface area contributed by atoms with Crippen molar-refractivity contribution in [2.45, 2.75) is 13.8 Å². The first-order valence-corrected chi connectivity index (χ1v) is 6.93. The number of benzene rings is 2. The lowest BCUT2D eigenvalue weighted by Crippen LogP contribution is -1.96. The maximum absolute atomic E-state index is 12.2. The predicted octanol–water partition coefficient (Wildman–Crippen LogP) is 5.12. The highest BCUT2D eigenvalue weighted by atomic mass is 16.3. The van der Waals surface area contributed by atoms with Crippen molar-refractivity contribution in [1.29, 1.82) is 0 Å². The monoisotopic (exact) mass is 276 g/mol. The largest absolute Gasteiger partial charge is 0.460 e. The molecule has 0 fully saturated rings. The van der Waals surface area contributed by atoms with Crippen LogP contribution >= 0.6 is 0 Å². The second kappa shape index (κ2) is 5.41. The molecule has 1 aromatic heterocycles. The van der Waals surface area contributed by atoms with Crippen LogP contribution in [0.1, 0.15) is 23.0 Å². The zero-order valence-electron chi connectivity index (χ0n) is 12.1. The van der Waals surface area contributed by atoms with Crippen LogP contribution in [0.25, 0.3) is 22.5 Å². The van der Waals surface area contributed by atoms with Crippen molar-refractivity contribution < 1.29 is 9.21 Å². The molecule has 1 heterocycles. The lowest BCUT2D eigenvalue weighted by atomic mass is 9.96. The quantitative estimate of drug-likeness (QED) is 0.621. The van der Waals surface area contributed by atoms with Crippen LogP contribution in [-0.4, -0.2) is 5.78 Å². The Morgan fingerprint density at radius 3 is 1.90 bits per heavy atom. The summed E-state index contributed by atoms with van der Waals surface area (Å²) in [6, 6.07) is 19.6. The third-order valence-corrected chi connectivity index (χ3v) is 3.53. The summed E-state index contributed by atoms with van der Waals surface area (Å²) < 4.78 is 5.93. The number of furan rings is 1. The number of hydrogen-bond acceptors (Lipinski definition) is 2. The van der Waals surface area contributed by atoms with E-state index in [2.05, 4.69) is 0 Å². The van der Waals surface area contributed by atoms with Gasteiger partial charge in [0.25, 0.3) is 0 Å². The van der Waals surface area contributed by atoms with E-state index in [1.807, 2.05) is 67.6 Å². The predicted molar refractivity (Wildman–Crippen MR) is 84.3 cm³/mol. The van der Waals surface area contributed by atoms with Gasteiger partial charge in [-0.15, -0.1) is 0 Å². The van der Waals surface area contributed by atoms with E-state index in [-0.39, 0.29) is 5.78 Å². The zero-order valence-corrected chi connectivity index (χ0v) is 12.1. The maximum atomic E-state index is 12.2. The van der Waals surface area contributed by atoms with E-state index in [4.69, 9.17) is 4.42 Å². The molecule has 0 saturated heterocycles. The highest BCUT2D eigenvalue weighted by Gasteiger charge is 2.23. The Morgan fingerprint density at radius 1 is 0.857 bits per heavy atom. The Labute approximate surface area is 124 Å². The maximum Gasteiger partial charge on any atom is 0.164 e. The number of rotatable bonds is 3. The van der Waals surface area contributed by atoms with Gasteiger partial charge in [0, 0.05) is 11.1 Å². The molecule has 0 spiro atoms. The Balaban J connectivity index is 2.28. The number of ketones is 1. The Hall–Kier alpha value is -2.61. The van der Waals surface area contributed by atoms with Crippen LogP contribution in [0, 0.1) is 6.92 Å². The van der Waals surface area contributed by atoms with Gasteiger partial charge in [0.05, 0.1) is 5.56 Å². The van der Waals surface area contributed by atoms with Gasteiger partial charge in [-0.3, -0.25) is 4.79 Å². The lowest BCUT2D eigenvalue weighted by Gasteiger charge is -2.03. The molecule has 0 saturated carbocycles. The minimum absolute atomic E-state index is 0.0181. The van der Waals surface area contributed by atoms with Crippen molar-refractivity contribution in [3.63, 3.8) is 0 Å². The molecule has 0 unspecified atom stereocenters. The molecule has 2 heteroatoms. The number of carbonyl (C=O) groups is 1. The van der Waals surface area contributed by atoms with Crippen LogP contribution in [0.15, 0.2) is 65.1 Å². The molecule has 3 aromatic rings. The summed E-state index contributed by atoms with van der Waals surface area (Å²) in [6.45, 7) is 3.49. The first-order chi connectivity index (χ1) is 10.2. The summed E-state index contributed by atoms with van der Waals surface area (Å²) in [4.78, 5) is 12.2. The van der Waals surface area contributed by atoms with Gasteiger partial charge < -0.3 is 4.42 Å². The Bertz CT molecular complexity index is 768. The van der Waals surface area contributed by atoms with Crippen LogP contribution in [0.3, 0.4) is 0 Å². The minimum Gasteiger partial charge on any atom is -0.460 e. The smallest absolute Gasteiger partial charge is 0.164 e. The van der Waals surface area contributed by atoms with Crippen molar-refractivity contribution in [3.05, 3.63) is 72.0 Å². The summed E-state index contributed by atoms with van der Waals surface area (Å²) in [6.07, 6.45) is 0. The van der Waals surface area contributed by atoms with Crippen molar-refractivity contribution in [2.75, 3.05) is 0 Å². The fraction of sp³-hybridized carbons (Fsp3) is 0.105. The molecular formula is C19H16O2. The van der Waals surface area contributed by atoms with Crippen LogP contribution in [0.4, 0.5) is 0 Å². The van der Waals surface area contributed by atoms with Gasteiger partial charge in [-0.1, -0.05) is 60.7 Å². The lowest BCUT2D eigenvalue weighted by molar-refractivity contribution is 0.101. The van der Waals surface area contributed by atoms with Crippen LogP contribution in [-0.2, 0) is 0 Å². The van der Waals surface area contributed by atoms with E-state index in [0.29, 0.717) is 11.3 Å². The molecule has 0 N–H and O–H groups in total. The molecule has 0 bridgehead atoms. The summed E-state index contributed by atoms with van der Waals surface area (Å²) in [7, 11) is 0. The van der Waals surface area contributed by atoms with Crippen LogP contribution in [0.2, 0.25) is 0 Å². The normalized spacial score (nSPS) is 10.6. The van der Waals surface area contributed by atoms with Gasteiger partial charge in [0.2, 0.25) is 0 Å². The highest BCUT2D eigenvalue weighted by molar-refractivity contribution is 6.06. The molecule has 0 atom stereocenters. The summed E-state index contributed by atoms with van der Waals surface area (Å²) in [5.41, 5.74) is 3.48. The zero-order chi connectivity index (χ0) is 14.8. The third kappa shape index (κ3) is 2.40. The first-order valence-electron chi connectivity index (χ1n) is 6.93. The Kier molecular flexibility index (Phi) is 3.44. The molecule has 3 rings (SSSR count). The van der Waals surface area contributed by atoms with Gasteiger partial charge >= 0.3 is 0 Å². The second-order valence-electron chi connectivity index (χ2n) is 5.03. The van der Waals surface area contributed by atoms with Gasteiger partial charge in [-0.2, -0.15) is 0 Å². The minimum atomic E-state index is 0.0181. The van der Waals surface area contributed by atoms with E-state index in [1.165, 1.54) is 0 Å². The number of Topliss-reactive ketones (excluding diaryl/α,β-unsaturated/α-hetero) is 1. The highest BCUT2D eigenvalue weighted by Crippen LogP contribution is 2.37. The molecule has 2 nitrogen and oxygen atoms in total. The molecule has 0 radical (unpaired) electrons. The van der Waals surface area contributed by atoms with Crippen LogP contribution < -0.4 is 0 Å². The molecule has 0 amide bonds. The summed E-state index contributed by atoms with van der Waals surface area (Å²) in [5.74, 6) is 1.44. The first kappa shape index (κ1) is 13.4. The van der Waals surface area contributed by atoms with Gasteiger partial charge in [0.1, 0.15) is 11.5 Å². The van der Waals surface area contributed by atoms with Gasteiger partial charge in [-0.25, -0.2) is 0 Å². The van der Waals surface area contributed by atoms with Crippen molar-refractivity contribution in [2.24, 2.45) is 0 Å². The van der Waals surface area contributed by atoms with E-state index >= 15 is 0 Å². The van der Waals surface area contributed by atoms with Crippen molar-refractivity contribution in [3.8, 4) is 22.5 Å². The fourth-order valence-electron chi connectivity index (χ4n) is 2.63. The second-order valence-corrected chi connectivity index (χ2v) is 5.03. The molecule has 2 aromatic carbocycles. The molecule has 0 aliphatic rings. The molecule has 21 heavy (non-hydrogen) atoms. The number of aryl methyl sites for hydroxylation is 1. The summed E-state index contributed by atoms with van der Waals surface area (Å²) >= 11 is 0. The van der Waals surface area contributed by atoms with Crippen molar-refractivity contribution >= 4 is 5.78 Å². The van der Waals surface area contributed by atoms with E-state index < -0.39 is 0 Å². The standard InChI is InChI=1S/C19H16O2/c1-13(20)17-18(15-9-5-3-6-10-15)14(2)21-19(17)16-11-7-4-8-12-16/h3-12H,1-2H3. The fourth-order valence-corrected chi connectivity index (χ4v) is 2.63. The number of carbonyl (C=O) groups excluding carboxylic acids is 1. The molecule has 0 aliphatic heterocycles. The Morgan fingerprint density at radius 2 is 1.38 bits per heavy atom. The average molecular weight is 276 g/mol.